The number of aliphatic hydroxyl groups excluding tert-OH is 1. The molecular weight excluding hydrogens is 160 g/mol. The van der Waals surface area contributed by atoms with E-state index in [4.69, 9.17) is 5.11 Å². The molecule has 0 radical (unpaired) electrons. The van der Waals surface area contributed by atoms with Gasteiger partial charge in [0, 0.05) is 6.61 Å². The monoisotopic (exact) mass is 184 g/mol. The quantitative estimate of drug-likeness (QED) is 0.600. The molecule has 0 aromatic carbocycles. The summed E-state index contributed by atoms with van der Waals surface area (Å²) in [6.45, 7) is 0.378. The molecule has 0 unspecified atom stereocenters. The highest BCUT2D eigenvalue weighted by molar-refractivity contribution is 4.66. The molecule has 1 heteroatoms. The highest BCUT2D eigenvalue weighted by Crippen LogP contribution is 2.29. The molecular formula is C12H24O. The summed E-state index contributed by atoms with van der Waals surface area (Å²) in [7, 11) is 0. The lowest BCUT2D eigenvalue weighted by Gasteiger charge is -2.07. The lowest BCUT2D eigenvalue weighted by Crippen LogP contribution is -1.92. The third-order valence-electron chi connectivity index (χ3n) is 3.25. The Morgan fingerprint density at radius 1 is 0.846 bits per heavy atom. The lowest BCUT2D eigenvalue weighted by molar-refractivity contribution is 0.282. The van der Waals surface area contributed by atoms with Crippen LogP contribution in [-0.2, 0) is 0 Å². The molecule has 0 amide bonds. The van der Waals surface area contributed by atoms with Crippen molar-refractivity contribution in [1.29, 1.82) is 0 Å². The predicted octanol–water partition coefficient (Wildman–Crippen LogP) is 3.51. The van der Waals surface area contributed by atoms with Crippen LogP contribution in [0.15, 0.2) is 0 Å². The van der Waals surface area contributed by atoms with Crippen LogP contribution in [0.5, 0.6) is 0 Å². The number of unbranched alkanes of at least 4 members (excludes halogenated alkanes) is 4. The smallest absolute Gasteiger partial charge is 0.0431 e. The minimum atomic E-state index is 0.378. The van der Waals surface area contributed by atoms with Crippen molar-refractivity contribution in [3.63, 3.8) is 0 Å². The molecule has 0 spiro atoms. The number of aliphatic hydroxyl groups is 1. The lowest BCUT2D eigenvalue weighted by atomic mass is 9.99. The van der Waals surface area contributed by atoms with Gasteiger partial charge in [-0.15, -0.1) is 0 Å². The van der Waals surface area contributed by atoms with Gasteiger partial charge in [0.1, 0.15) is 0 Å². The minimum Gasteiger partial charge on any atom is -0.396 e. The first kappa shape index (κ1) is 11.0. The second-order valence-electron chi connectivity index (χ2n) is 4.43. The van der Waals surface area contributed by atoms with Crippen LogP contribution in [0, 0.1) is 5.92 Å². The third-order valence-corrected chi connectivity index (χ3v) is 3.25. The molecule has 0 atom stereocenters. The Morgan fingerprint density at radius 2 is 1.46 bits per heavy atom. The fourth-order valence-corrected chi connectivity index (χ4v) is 2.37. The van der Waals surface area contributed by atoms with Gasteiger partial charge in [-0.05, 0) is 12.3 Å². The number of hydrogen-bond donors (Lipinski definition) is 1. The molecule has 0 aromatic heterocycles. The highest BCUT2D eigenvalue weighted by Gasteiger charge is 2.13. The Balaban J connectivity index is 1.78. The Morgan fingerprint density at radius 3 is 2.15 bits per heavy atom. The maximum Gasteiger partial charge on any atom is 0.0431 e. The molecule has 1 aliphatic carbocycles. The van der Waals surface area contributed by atoms with Crippen molar-refractivity contribution in [2.75, 3.05) is 6.61 Å². The van der Waals surface area contributed by atoms with Crippen LogP contribution in [0.2, 0.25) is 0 Å². The summed E-state index contributed by atoms with van der Waals surface area (Å²) in [6.07, 6.45) is 13.8. The van der Waals surface area contributed by atoms with Gasteiger partial charge in [-0.25, -0.2) is 0 Å². The minimum absolute atomic E-state index is 0.378. The normalized spacial score (nSPS) is 18.2. The van der Waals surface area contributed by atoms with E-state index < -0.39 is 0 Å². The van der Waals surface area contributed by atoms with Crippen molar-refractivity contribution >= 4 is 0 Å². The molecule has 0 aromatic rings. The average molecular weight is 184 g/mol. The van der Waals surface area contributed by atoms with Crippen LogP contribution in [0.3, 0.4) is 0 Å². The van der Waals surface area contributed by atoms with E-state index in [9.17, 15) is 0 Å². The molecule has 1 fully saturated rings. The van der Waals surface area contributed by atoms with E-state index >= 15 is 0 Å². The van der Waals surface area contributed by atoms with E-state index in [0.717, 1.165) is 12.3 Å². The topological polar surface area (TPSA) is 20.2 Å². The van der Waals surface area contributed by atoms with Crippen molar-refractivity contribution in [2.45, 2.75) is 64.2 Å². The van der Waals surface area contributed by atoms with Crippen LogP contribution < -0.4 is 0 Å². The van der Waals surface area contributed by atoms with Gasteiger partial charge in [0.2, 0.25) is 0 Å². The van der Waals surface area contributed by atoms with E-state index in [0.29, 0.717) is 6.61 Å². The zero-order valence-corrected chi connectivity index (χ0v) is 8.80. The first-order valence-corrected chi connectivity index (χ1v) is 6.04. The van der Waals surface area contributed by atoms with Crippen molar-refractivity contribution in [3.8, 4) is 0 Å². The summed E-state index contributed by atoms with van der Waals surface area (Å²) >= 11 is 0. The van der Waals surface area contributed by atoms with Gasteiger partial charge in [-0.3, -0.25) is 0 Å². The van der Waals surface area contributed by atoms with Crippen molar-refractivity contribution in [2.24, 2.45) is 5.92 Å². The third kappa shape index (κ3) is 5.30. The first-order valence-electron chi connectivity index (χ1n) is 6.04. The molecule has 1 nitrogen and oxygen atoms in total. The molecule has 0 bridgehead atoms. The average Bonchev–Trinajstić information content (AvgIpc) is 2.63. The maximum atomic E-state index is 8.60. The first-order chi connectivity index (χ1) is 6.43. The molecule has 1 aliphatic rings. The SMILES string of the molecule is OCCCCCCCC1CCCC1. The number of hydrogen-bond acceptors (Lipinski definition) is 1. The van der Waals surface area contributed by atoms with Crippen LogP contribution >= 0.6 is 0 Å². The van der Waals surface area contributed by atoms with Crippen molar-refractivity contribution in [1.82, 2.24) is 0 Å². The summed E-state index contributed by atoms with van der Waals surface area (Å²) < 4.78 is 0. The summed E-state index contributed by atoms with van der Waals surface area (Å²) in [5.74, 6) is 1.07. The van der Waals surface area contributed by atoms with Crippen molar-refractivity contribution < 1.29 is 5.11 Å². The van der Waals surface area contributed by atoms with Crippen LogP contribution in [0.25, 0.3) is 0 Å². The summed E-state index contributed by atoms with van der Waals surface area (Å²) in [5.41, 5.74) is 0. The van der Waals surface area contributed by atoms with Crippen LogP contribution in [0.1, 0.15) is 64.2 Å². The second kappa shape index (κ2) is 7.37. The second-order valence-corrected chi connectivity index (χ2v) is 4.43. The summed E-state index contributed by atoms with van der Waals surface area (Å²) in [5, 5.41) is 8.60. The van der Waals surface area contributed by atoms with Gasteiger partial charge in [0.05, 0.1) is 0 Å². The van der Waals surface area contributed by atoms with Gasteiger partial charge in [-0.1, -0.05) is 57.8 Å². The molecule has 0 aliphatic heterocycles. The Hall–Kier alpha value is -0.0400. The van der Waals surface area contributed by atoms with Crippen molar-refractivity contribution in [3.05, 3.63) is 0 Å². The maximum absolute atomic E-state index is 8.60. The summed E-state index contributed by atoms with van der Waals surface area (Å²) in [4.78, 5) is 0. The molecule has 0 heterocycles. The number of rotatable bonds is 7. The molecule has 0 saturated heterocycles. The fourth-order valence-electron chi connectivity index (χ4n) is 2.37. The Bertz CT molecular complexity index is 106. The zero-order valence-electron chi connectivity index (χ0n) is 8.80. The van der Waals surface area contributed by atoms with Gasteiger partial charge in [-0.2, -0.15) is 0 Å². The molecule has 1 saturated carbocycles. The Kier molecular flexibility index (Phi) is 6.26. The van der Waals surface area contributed by atoms with E-state index in [2.05, 4.69) is 0 Å². The highest BCUT2D eigenvalue weighted by atomic mass is 16.2. The van der Waals surface area contributed by atoms with E-state index in [1.54, 1.807) is 0 Å². The van der Waals surface area contributed by atoms with Gasteiger partial charge in [0.25, 0.3) is 0 Å². The Labute approximate surface area is 82.5 Å². The molecule has 13 heavy (non-hydrogen) atoms. The zero-order chi connectivity index (χ0) is 9.36. The largest absolute Gasteiger partial charge is 0.396 e. The standard InChI is InChI=1S/C12H24O/c13-11-7-3-1-2-4-8-12-9-5-6-10-12/h12-13H,1-11H2. The molecule has 1 N–H and O–H groups in total. The van der Waals surface area contributed by atoms with Gasteiger partial charge < -0.3 is 5.11 Å². The van der Waals surface area contributed by atoms with Gasteiger partial charge >= 0.3 is 0 Å². The predicted molar refractivity (Wildman–Crippen MR) is 56.7 cm³/mol. The molecule has 1 rings (SSSR count). The molecule has 78 valence electrons. The fraction of sp³-hybridized carbons (Fsp3) is 1.00. The van der Waals surface area contributed by atoms with Gasteiger partial charge in [0.15, 0.2) is 0 Å². The summed E-state index contributed by atoms with van der Waals surface area (Å²) in [6, 6.07) is 0. The van der Waals surface area contributed by atoms with E-state index in [1.807, 2.05) is 0 Å². The van der Waals surface area contributed by atoms with E-state index in [-0.39, 0.29) is 0 Å². The van der Waals surface area contributed by atoms with Crippen LogP contribution in [0.4, 0.5) is 0 Å². The van der Waals surface area contributed by atoms with E-state index in [1.165, 1.54) is 57.8 Å². The van der Waals surface area contributed by atoms with Crippen LogP contribution in [-0.4, -0.2) is 11.7 Å².